The third-order valence-electron chi connectivity index (χ3n) is 4.47. The summed E-state index contributed by atoms with van der Waals surface area (Å²) in [5.74, 6) is -0.0907. The summed E-state index contributed by atoms with van der Waals surface area (Å²) in [5.41, 5.74) is 0.661. The number of aromatic nitrogens is 1. The predicted molar refractivity (Wildman–Crippen MR) is 106 cm³/mol. The lowest BCUT2D eigenvalue weighted by molar-refractivity contribution is -0.385. The average Bonchev–Trinajstić information content (AvgIpc) is 2.66. The van der Waals surface area contributed by atoms with Gasteiger partial charge in [-0.3, -0.25) is 19.7 Å². The molecule has 0 aliphatic rings. The van der Waals surface area contributed by atoms with Gasteiger partial charge in [-0.25, -0.2) is 0 Å². The maximum atomic E-state index is 12.9. The summed E-state index contributed by atoms with van der Waals surface area (Å²) in [6, 6.07) is 9.52. The Morgan fingerprint density at radius 2 is 2.04 bits per heavy atom. The number of nitrogens with one attached hydrogen (secondary N) is 1. The molecule has 1 aromatic heterocycles. The molecule has 3 aromatic rings. The van der Waals surface area contributed by atoms with E-state index < -0.39 is 16.3 Å². The summed E-state index contributed by atoms with van der Waals surface area (Å²) in [4.78, 5) is 36.2. The van der Waals surface area contributed by atoms with Gasteiger partial charge in [-0.05, 0) is 38.1 Å². The van der Waals surface area contributed by atoms with E-state index in [-0.39, 0.29) is 16.9 Å². The lowest BCUT2D eigenvalue weighted by Crippen LogP contribution is -2.23. The number of benzene rings is 2. The fourth-order valence-electron chi connectivity index (χ4n) is 3.04. The molecule has 0 atom stereocenters. The first-order valence-corrected chi connectivity index (χ1v) is 8.65. The topological polar surface area (TPSA) is 103 Å². The summed E-state index contributed by atoms with van der Waals surface area (Å²) in [5, 5.41) is 14.1. The number of nitro groups is 1. The maximum absolute atomic E-state index is 12.9. The SMILES string of the molecule is CCOc1ccc2c(c1)c(=O)c(C(=O)Nc1cccc([N+](=O)[O-])c1C)cn2C. The maximum Gasteiger partial charge on any atom is 0.274 e. The van der Waals surface area contributed by atoms with Crippen molar-refractivity contribution in [2.75, 3.05) is 11.9 Å². The van der Waals surface area contributed by atoms with Crippen LogP contribution in [0.2, 0.25) is 0 Å². The molecule has 144 valence electrons. The molecule has 8 nitrogen and oxygen atoms in total. The second kappa shape index (κ2) is 7.51. The van der Waals surface area contributed by atoms with Crippen molar-refractivity contribution in [3.05, 3.63) is 74.1 Å². The summed E-state index contributed by atoms with van der Waals surface area (Å²) in [6.07, 6.45) is 1.45. The zero-order chi connectivity index (χ0) is 20.4. The number of carbonyl (C=O) groups is 1. The number of nitrogens with zero attached hydrogens (tertiary/aromatic N) is 2. The van der Waals surface area contributed by atoms with Gasteiger partial charge in [0.15, 0.2) is 0 Å². The predicted octanol–water partition coefficient (Wildman–Crippen LogP) is 3.41. The van der Waals surface area contributed by atoms with Gasteiger partial charge < -0.3 is 14.6 Å². The van der Waals surface area contributed by atoms with E-state index in [4.69, 9.17) is 4.74 Å². The van der Waals surface area contributed by atoms with Crippen LogP contribution in [-0.2, 0) is 7.05 Å². The minimum Gasteiger partial charge on any atom is -0.494 e. The van der Waals surface area contributed by atoms with E-state index in [1.165, 1.54) is 18.3 Å². The van der Waals surface area contributed by atoms with E-state index >= 15 is 0 Å². The highest BCUT2D eigenvalue weighted by Crippen LogP contribution is 2.25. The monoisotopic (exact) mass is 381 g/mol. The number of hydrogen-bond donors (Lipinski definition) is 1. The first kappa shape index (κ1) is 19.1. The molecule has 1 N–H and O–H groups in total. The molecule has 0 radical (unpaired) electrons. The van der Waals surface area contributed by atoms with Gasteiger partial charge in [0, 0.05) is 19.3 Å². The van der Waals surface area contributed by atoms with Crippen molar-refractivity contribution >= 4 is 28.2 Å². The number of fused-ring (bicyclic) bond motifs is 1. The van der Waals surface area contributed by atoms with Crippen LogP contribution in [0.4, 0.5) is 11.4 Å². The van der Waals surface area contributed by atoms with E-state index in [9.17, 15) is 19.7 Å². The third kappa shape index (κ3) is 3.44. The Balaban J connectivity index is 2.05. The van der Waals surface area contributed by atoms with E-state index in [2.05, 4.69) is 5.32 Å². The van der Waals surface area contributed by atoms with E-state index in [0.29, 0.717) is 28.8 Å². The van der Waals surface area contributed by atoms with Crippen molar-refractivity contribution in [1.82, 2.24) is 4.57 Å². The number of nitro benzene ring substituents is 1. The first-order chi connectivity index (χ1) is 13.3. The van der Waals surface area contributed by atoms with Gasteiger partial charge in [0.1, 0.15) is 11.3 Å². The van der Waals surface area contributed by atoms with Crippen LogP contribution < -0.4 is 15.5 Å². The van der Waals surface area contributed by atoms with Crippen molar-refractivity contribution < 1.29 is 14.5 Å². The number of rotatable bonds is 5. The lowest BCUT2D eigenvalue weighted by Gasteiger charge is -2.12. The highest BCUT2D eigenvalue weighted by atomic mass is 16.6. The Kier molecular flexibility index (Phi) is 5.12. The number of aryl methyl sites for hydroxylation is 1. The molecule has 1 heterocycles. The van der Waals surface area contributed by atoms with Gasteiger partial charge in [0.25, 0.3) is 11.6 Å². The second-order valence-corrected chi connectivity index (χ2v) is 6.26. The van der Waals surface area contributed by atoms with E-state index in [1.54, 1.807) is 42.8 Å². The van der Waals surface area contributed by atoms with Crippen LogP contribution >= 0.6 is 0 Å². The third-order valence-corrected chi connectivity index (χ3v) is 4.47. The normalized spacial score (nSPS) is 10.7. The van der Waals surface area contributed by atoms with Crippen molar-refractivity contribution in [1.29, 1.82) is 0 Å². The Morgan fingerprint density at radius 3 is 2.71 bits per heavy atom. The Bertz CT molecular complexity index is 1150. The summed E-state index contributed by atoms with van der Waals surface area (Å²) < 4.78 is 7.13. The zero-order valence-corrected chi connectivity index (χ0v) is 15.7. The lowest BCUT2D eigenvalue weighted by atomic mass is 10.1. The minimum absolute atomic E-state index is 0.0606. The number of anilines is 1. The number of carbonyl (C=O) groups excluding carboxylic acids is 1. The molecule has 0 unspecified atom stereocenters. The molecule has 3 rings (SSSR count). The van der Waals surface area contributed by atoms with Gasteiger partial charge in [0.05, 0.1) is 33.7 Å². The van der Waals surface area contributed by atoms with Crippen LogP contribution in [0.1, 0.15) is 22.8 Å². The van der Waals surface area contributed by atoms with Crippen molar-refractivity contribution in [2.24, 2.45) is 7.05 Å². The van der Waals surface area contributed by atoms with Crippen LogP contribution in [-0.4, -0.2) is 22.0 Å². The largest absolute Gasteiger partial charge is 0.494 e. The van der Waals surface area contributed by atoms with Crippen LogP contribution in [0.5, 0.6) is 5.75 Å². The van der Waals surface area contributed by atoms with Crippen LogP contribution in [0.15, 0.2) is 47.4 Å². The number of ether oxygens (including phenoxy) is 1. The van der Waals surface area contributed by atoms with Gasteiger partial charge in [0.2, 0.25) is 5.43 Å². The molecule has 1 amide bonds. The fraction of sp³-hybridized carbons (Fsp3) is 0.200. The summed E-state index contributed by atoms with van der Waals surface area (Å²) in [7, 11) is 1.73. The smallest absolute Gasteiger partial charge is 0.274 e. The molecule has 8 heteroatoms. The molecule has 0 spiro atoms. The number of hydrogen-bond acceptors (Lipinski definition) is 5. The van der Waals surface area contributed by atoms with Crippen molar-refractivity contribution in [2.45, 2.75) is 13.8 Å². The molecule has 28 heavy (non-hydrogen) atoms. The fourth-order valence-corrected chi connectivity index (χ4v) is 3.04. The zero-order valence-electron chi connectivity index (χ0n) is 15.7. The first-order valence-electron chi connectivity index (χ1n) is 8.65. The van der Waals surface area contributed by atoms with Gasteiger partial charge >= 0.3 is 0 Å². The van der Waals surface area contributed by atoms with Gasteiger partial charge in [-0.15, -0.1) is 0 Å². The molecular formula is C20H19N3O5. The Hall–Kier alpha value is -3.68. The molecule has 2 aromatic carbocycles. The minimum atomic E-state index is -0.632. The van der Waals surface area contributed by atoms with Crippen LogP contribution in [0.25, 0.3) is 10.9 Å². The molecule has 0 saturated carbocycles. The Labute approximate surface area is 160 Å². The summed E-state index contributed by atoms with van der Waals surface area (Å²) >= 11 is 0. The van der Waals surface area contributed by atoms with Crippen molar-refractivity contribution in [3.8, 4) is 5.75 Å². The molecule has 0 bridgehead atoms. The molecular weight excluding hydrogens is 362 g/mol. The average molecular weight is 381 g/mol. The standard InChI is InChI=1S/C20H19N3O5/c1-4-28-13-8-9-18-14(10-13)19(24)15(11-22(18)3)20(25)21-16-6-5-7-17(12(16)2)23(26)27/h5-11H,4H2,1-3H3,(H,21,25). The second-order valence-electron chi connectivity index (χ2n) is 6.26. The van der Waals surface area contributed by atoms with Crippen LogP contribution in [0, 0.1) is 17.0 Å². The highest BCUT2D eigenvalue weighted by molar-refractivity contribution is 6.06. The quantitative estimate of drug-likeness (QED) is 0.539. The van der Waals surface area contributed by atoms with Crippen LogP contribution in [0.3, 0.4) is 0 Å². The summed E-state index contributed by atoms with van der Waals surface area (Å²) in [6.45, 7) is 3.84. The highest BCUT2D eigenvalue weighted by Gasteiger charge is 2.19. The van der Waals surface area contributed by atoms with Gasteiger partial charge in [-0.1, -0.05) is 6.07 Å². The van der Waals surface area contributed by atoms with E-state index in [0.717, 1.165) is 0 Å². The van der Waals surface area contributed by atoms with Gasteiger partial charge in [-0.2, -0.15) is 0 Å². The number of amides is 1. The molecule has 0 aliphatic heterocycles. The molecule has 0 aliphatic carbocycles. The molecule has 0 fully saturated rings. The Morgan fingerprint density at radius 1 is 1.29 bits per heavy atom. The number of pyridine rings is 1. The molecule has 0 saturated heterocycles. The van der Waals surface area contributed by atoms with Crippen molar-refractivity contribution in [3.63, 3.8) is 0 Å². The van der Waals surface area contributed by atoms with E-state index in [1.807, 2.05) is 6.92 Å².